The molecule has 1 aromatic carbocycles. The van der Waals surface area contributed by atoms with Crippen LogP contribution in [0.3, 0.4) is 0 Å². The first-order valence-corrected chi connectivity index (χ1v) is 5.56. The molecule has 5 nitrogen and oxygen atoms in total. The van der Waals surface area contributed by atoms with Crippen molar-refractivity contribution in [2.45, 2.75) is 18.9 Å². The van der Waals surface area contributed by atoms with Gasteiger partial charge in [-0.25, -0.2) is 0 Å². The predicted octanol–water partition coefficient (Wildman–Crippen LogP) is 0.492. The largest absolute Gasteiger partial charge is 0.548 e. The molecule has 0 saturated carbocycles. The molecule has 0 spiro atoms. The number of carbonyl (C=O) groups excluding carboxylic acids is 2. The van der Waals surface area contributed by atoms with Crippen molar-refractivity contribution in [1.82, 2.24) is 5.32 Å². The van der Waals surface area contributed by atoms with Crippen molar-refractivity contribution < 1.29 is 14.7 Å². The number of carbonyl (C=O) groups is 2. The van der Waals surface area contributed by atoms with Gasteiger partial charge in [0.05, 0.1) is 18.1 Å². The minimum absolute atomic E-state index is 0.0121. The summed E-state index contributed by atoms with van der Waals surface area (Å²) in [5, 5.41) is 21.9. The van der Waals surface area contributed by atoms with E-state index in [2.05, 4.69) is 5.32 Å². The number of nitrogens with one attached hydrogen (secondary N) is 1. The zero-order valence-electron chi connectivity index (χ0n) is 9.35. The fourth-order valence-corrected chi connectivity index (χ4v) is 1.43. The van der Waals surface area contributed by atoms with E-state index in [4.69, 9.17) is 16.9 Å². The lowest BCUT2D eigenvalue weighted by Crippen LogP contribution is -2.47. The Morgan fingerprint density at radius 3 is 2.50 bits per heavy atom. The molecule has 0 saturated heterocycles. The Hall–Kier alpha value is -2.06. The van der Waals surface area contributed by atoms with Gasteiger partial charge in [0.15, 0.2) is 0 Å². The van der Waals surface area contributed by atoms with Gasteiger partial charge in [-0.15, -0.1) is 0 Å². The molecule has 0 unspecified atom stereocenters. The van der Waals surface area contributed by atoms with Crippen LogP contribution in [-0.4, -0.2) is 17.9 Å². The van der Waals surface area contributed by atoms with Crippen molar-refractivity contribution in [1.29, 1.82) is 5.26 Å². The highest BCUT2D eigenvalue weighted by Crippen LogP contribution is 2.09. The highest BCUT2D eigenvalue weighted by molar-refractivity contribution is 6.30. The van der Waals surface area contributed by atoms with Gasteiger partial charge in [0.2, 0.25) is 0 Å². The highest BCUT2D eigenvalue weighted by Gasteiger charge is 2.14. The Morgan fingerprint density at radius 2 is 2.00 bits per heavy atom. The third kappa shape index (κ3) is 4.07. The van der Waals surface area contributed by atoms with Crippen LogP contribution in [0.4, 0.5) is 0 Å². The van der Waals surface area contributed by atoms with Crippen LogP contribution in [0.1, 0.15) is 23.2 Å². The maximum absolute atomic E-state index is 11.7. The first kappa shape index (κ1) is 14.0. The van der Waals surface area contributed by atoms with E-state index in [9.17, 15) is 14.7 Å². The molecule has 0 aliphatic rings. The van der Waals surface area contributed by atoms with E-state index in [0.717, 1.165) is 0 Å². The monoisotopic (exact) mass is 265 g/mol. The van der Waals surface area contributed by atoms with Gasteiger partial charge in [-0.3, -0.25) is 4.79 Å². The van der Waals surface area contributed by atoms with Crippen LogP contribution in [-0.2, 0) is 4.79 Å². The normalized spacial score (nSPS) is 11.3. The fraction of sp³-hybridized carbons (Fsp3) is 0.250. The number of carboxylic acids is 1. The number of benzene rings is 1. The lowest BCUT2D eigenvalue weighted by Gasteiger charge is -2.18. The SMILES string of the molecule is N#CCC[C@H](NC(=O)c1ccc(Cl)cc1)C(=O)[O-]. The molecule has 0 heterocycles. The number of hydrogen-bond donors (Lipinski definition) is 1. The van der Waals surface area contributed by atoms with Crippen LogP contribution in [0.2, 0.25) is 5.02 Å². The summed E-state index contributed by atoms with van der Waals surface area (Å²) in [6, 6.07) is 6.66. The minimum atomic E-state index is -1.41. The second-order valence-electron chi connectivity index (χ2n) is 3.55. The predicted molar refractivity (Wildman–Crippen MR) is 62.6 cm³/mol. The fourth-order valence-electron chi connectivity index (χ4n) is 1.30. The Labute approximate surface area is 109 Å². The first-order valence-electron chi connectivity index (χ1n) is 5.19. The summed E-state index contributed by atoms with van der Waals surface area (Å²) in [5.74, 6) is -1.95. The van der Waals surface area contributed by atoms with E-state index >= 15 is 0 Å². The van der Waals surface area contributed by atoms with Gasteiger partial charge < -0.3 is 15.2 Å². The number of nitriles is 1. The topological polar surface area (TPSA) is 93.0 Å². The molecule has 1 rings (SSSR count). The maximum atomic E-state index is 11.7. The number of hydrogen-bond acceptors (Lipinski definition) is 4. The van der Waals surface area contributed by atoms with Crippen LogP contribution in [0.25, 0.3) is 0 Å². The van der Waals surface area contributed by atoms with E-state index in [1.807, 2.05) is 6.07 Å². The molecular weight excluding hydrogens is 256 g/mol. The summed E-state index contributed by atoms with van der Waals surface area (Å²) in [4.78, 5) is 22.5. The first-order chi connectivity index (χ1) is 8.54. The van der Waals surface area contributed by atoms with Crippen LogP contribution in [0.5, 0.6) is 0 Å². The Kier molecular flexibility index (Phi) is 5.15. The van der Waals surface area contributed by atoms with E-state index in [1.54, 1.807) is 0 Å². The van der Waals surface area contributed by atoms with E-state index in [1.165, 1.54) is 24.3 Å². The zero-order valence-corrected chi connectivity index (χ0v) is 10.1. The maximum Gasteiger partial charge on any atom is 0.251 e. The molecule has 94 valence electrons. The third-order valence-corrected chi connectivity index (χ3v) is 2.49. The number of amides is 1. The van der Waals surface area contributed by atoms with Gasteiger partial charge in [0, 0.05) is 17.0 Å². The number of nitrogens with zero attached hydrogens (tertiary/aromatic N) is 1. The smallest absolute Gasteiger partial charge is 0.251 e. The number of halogens is 1. The van der Waals surface area contributed by atoms with E-state index < -0.39 is 17.9 Å². The molecule has 0 aliphatic carbocycles. The van der Waals surface area contributed by atoms with Crippen molar-refractivity contribution >= 4 is 23.5 Å². The van der Waals surface area contributed by atoms with Crippen molar-refractivity contribution in [3.8, 4) is 6.07 Å². The van der Waals surface area contributed by atoms with Gasteiger partial charge in [0.25, 0.3) is 5.91 Å². The molecule has 0 aromatic heterocycles. The average molecular weight is 266 g/mol. The average Bonchev–Trinajstić information content (AvgIpc) is 2.34. The van der Waals surface area contributed by atoms with Gasteiger partial charge in [-0.2, -0.15) is 5.26 Å². The summed E-state index contributed by atoms with van der Waals surface area (Å²) in [6.07, 6.45) is 0.0394. The van der Waals surface area contributed by atoms with Crippen LogP contribution in [0.15, 0.2) is 24.3 Å². The molecule has 6 heteroatoms. The van der Waals surface area contributed by atoms with E-state index in [-0.39, 0.29) is 12.8 Å². The summed E-state index contributed by atoms with van der Waals surface area (Å²) in [7, 11) is 0. The van der Waals surface area contributed by atoms with Crippen LogP contribution < -0.4 is 10.4 Å². The van der Waals surface area contributed by atoms with Crippen molar-refractivity contribution in [2.24, 2.45) is 0 Å². The summed E-state index contributed by atoms with van der Waals surface area (Å²) in [6.45, 7) is 0. The second-order valence-corrected chi connectivity index (χ2v) is 3.99. The van der Waals surface area contributed by atoms with Crippen LogP contribution in [0, 0.1) is 11.3 Å². The Morgan fingerprint density at radius 1 is 1.39 bits per heavy atom. The molecule has 0 bridgehead atoms. The zero-order chi connectivity index (χ0) is 13.5. The number of aliphatic carboxylic acids is 1. The molecule has 1 atom stereocenters. The highest BCUT2D eigenvalue weighted by atomic mass is 35.5. The van der Waals surface area contributed by atoms with E-state index in [0.29, 0.717) is 10.6 Å². The molecule has 0 fully saturated rings. The molecule has 1 amide bonds. The Balaban J connectivity index is 2.69. The lowest BCUT2D eigenvalue weighted by atomic mass is 10.1. The minimum Gasteiger partial charge on any atom is -0.548 e. The van der Waals surface area contributed by atoms with Gasteiger partial charge in [-0.05, 0) is 30.7 Å². The van der Waals surface area contributed by atoms with Gasteiger partial charge >= 0.3 is 0 Å². The van der Waals surface area contributed by atoms with Gasteiger partial charge in [0.1, 0.15) is 0 Å². The summed E-state index contributed by atoms with van der Waals surface area (Å²) >= 11 is 5.67. The quantitative estimate of drug-likeness (QED) is 0.838. The Bertz CT molecular complexity index is 479. The van der Waals surface area contributed by atoms with Gasteiger partial charge in [-0.1, -0.05) is 11.6 Å². The number of rotatable bonds is 5. The molecule has 18 heavy (non-hydrogen) atoms. The summed E-state index contributed by atoms with van der Waals surface area (Å²) in [5.41, 5.74) is 0.294. The lowest BCUT2D eigenvalue weighted by molar-refractivity contribution is -0.308. The van der Waals surface area contributed by atoms with Crippen molar-refractivity contribution in [2.75, 3.05) is 0 Å². The molecular formula is C12H10ClN2O3-. The van der Waals surface area contributed by atoms with Crippen molar-refractivity contribution in [3.63, 3.8) is 0 Å². The molecule has 0 radical (unpaired) electrons. The third-order valence-electron chi connectivity index (χ3n) is 2.24. The van der Waals surface area contributed by atoms with Crippen molar-refractivity contribution in [3.05, 3.63) is 34.9 Å². The molecule has 1 aromatic rings. The summed E-state index contributed by atoms with van der Waals surface area (Å²) < 4.78 is 0. The molecule has 1 N–H and O–H groups in total. The number of carboxylic acid groups (broad SMARTS) is 1. The standard InChI is InChI=1S/C12H11ClN2O3/c13-9-5-3-8(4-6-9)11(16)15-10(12(17)18)2-1-7-14/h3-6,10H,1-2H2,(H,15,16)(H,17,18)/p-1/t10-/m0/s1. The van der Waals surface area contributed by atoms with Crippen LogP contribution >= 0.6 is 11.6 Å². The molecule has 0 aliphatic heterocycles. The second kappa shape index (κ2) is 6.62.